The van der Waals surface area contributed by atoms with Gasteiger partial charge in [-0.2, -0.15) is 0 Å². The molecule has 4 N–H and O–H groups in total. The number of hydrogen-bond donors (Lipinski definition) is 3. The van der Waals surface area contributed by atoms with Crippen molar-refractivity contribution in [2.24, 2.45) is 5.73 Å². The van der Waals surface area contributed by atoms with E-state index in [1.165, 1.54) is 12.1 Å². The van der Waals surface area contributed by atoms with E-state index >= 15 is 0 Å². The third-order valence-electron chi connectivity index (χ3n) is 4.70. The smallest absolute Gasteiger partial charge is 0.261 e. The maximum Gasteiger partial charge on any atom is 0.261 e. The Morgan fingerprint density at radius 3 is 2.26 bits per heavy atom. The molecule has 2 aromatic rings. The molecule has 0 atom stereocenters. The SMILES string of the molecule is Cl.NC1(C(=O)NCc2ccccc2NS(=O)(=O)c2ccccc2)CCCC1. The van der Waals surface area contributed by atoms with Crippen molar-refractivity contribution in [3.63, 3.8) is 0 Å². The van der Waals surface area contributed by atoms with Crippen LogP contribution in [0.5, 0.6) is 0 Å². The van der Waals surface area contributed by atoms with Crippen LogP contribution in [0.15, 0.2) is 59.5 Å². The van der Waals surface area contributed by atoms with Crippen molar-refractivity contribution in [1.29, 1.82) is 0 Å². The zero-order valence-electron chi connectivity index (χ0n) is 14.9. The topological polar surface area (TPSA) is 101 Å². The van der Waals surface area contributed by atoms with Gasteiger partial charge in [0.05, 0.1) is 16.1 Å². The molecule has 2 aromatic carbocycles. The van der Waals surface area contributed by atoms with Gasteiger partial charge in [0.2, 0.25) is 5.91 Å². The summed E-state index contributed by atoms with van der Waals surface area (Å²) in [5.74, 6) is -0.185. The Morgan fingerprint density at radius 2 is 1.59 bits per heavy atom. The summed E-state index contributed by atoms with van der Waals surface area (Å²) in [4.78, 5) is 12.6. The van der Waals surface area contributed by atoms with E-state index in [1.807, 2.05) is 0 Å². The monoisotopic (exact) mass is 409 g/mol. The Kier molecular flexibility index (Phi) is 6.86. The fourth-order valence-electron chi connectivity index (χ4n) is 3.16. The van der Waals surface area contributed by atoms with Crippen LogP contribution in [0.1, 0.15) is 31.2 Å². The number of rotatable bonds is 6. The lowest BCUT2D eigenvalue weighted by Crippen LogP contribution is -2.51. The van der Waals surface area contributed by atoms with Gasteiger partial charge in [-0.3, -0.25) is 9.52 Å². The van der Waals surface area contributed by atoms with Crippen molar-refractivity contribution in [2.75, 3.05) is 4.72 Å². The largest absolute Gasteiger partial charge is 0.350 e. The fourth-order valence-corrected chi connectivity index (χ4v) is 4.28. The summed E-state index contributed by atoms with van der Waals surface area (Å²) in [6.45, 7) is 0.214. The lowest BCUT2D eigenvalue weighted by molar-refractivity contribution is -0.126. The van der Waals surface area contributed by atoms with Crippen LogP contribution in [-0.4, -0.2) is 19.9 Å². The molecule has 0 aromatic heterocycles. The molecule has 1 saturated carbocycles. The molecule has 0 spiro atoms. The first-order chi connectivity index (χ1) is 12.4. The van der Waals surface area contributed by atoms with Crippen LogP contribution >= 0.6 is 12.4 Å². The first kappa shape index (κ1) is 21.2. The van der Waals surface area contributed by atoms with Crippen molar-refractivity contribution >= 4 is 34.0 Å². The van der Waals surface area contributed by atoms with Crippen LogP contribution in [0.2, 0.25) is 0 Å². The predicted octanol–water partition coefficient (Wildman–Crippen LogP) is 2.80. The maximum absolute atomic E-state index is 12.5. The van der Waals surface area contributed by atoms with Gasteiger partial charge in [-0.25, -0.2) is 8.42 Å². The lowest BCUT2D eigenvalue weighted by Gasteiger charge is -2.22. The van der Waals surface area contributed by atoms with Gasteiger partial charge in [0, 0.05) is 6.54 Å². The molecule has 0 radical (unpaired) electrons. The molecule has 8 heteroatoms. The van der Waals surface area contributed by atoms with Crippen LogP contribution in [0, 0.1) is 0 Å². The highest BCUT2D eigenvalue weighted by Gasteiger charge is 2.36. The minimum absolute atomic E-state index is 0. The van der Waals surface area contributed by atoms with Gasteiger partial charge in [-0.05, 0) is 36.6 Å². The molecule has 3 rings (SSSR count). The second kappa shape index (κ2) is 8.73. The van der Waals surface area contributed by atoms with Crippen LogP contribution in [0.4, 0.5) is 5.69 Å². The van der Waals surface area contributed by atoms with Gasteiger partial charge in [-0.15, -0.1) is 12.4 Å². The second-order valence-corrected chi connectivity index (χ2v) is 8.30. The highest BCUT2D eigenvalue weighted by atomic mass is 35.5. The molecule has 0 bridgehead atoms. The number of benzene rings is 2. The minimum atomic E-state index is -3.69. The van der Waals surface area contributed by atoms with Crippen molar-refractivity contribution < 1.29 is 13.2 Å². The average Bonchev–Trinajstić information content (AvgIpc) is 3.09. The van der Waals surface area contributed by atoms with E-state index in [0.717, 1.165) is 12.8 Å². The predicted molar refractivity (Wildman–Crippen MR) is 108 cm³/mol. The molecular formula is C19H24ClN3O3S. The highest BCUT2D eigenvalue weighted by molar-refractivity contribution is 7.92. The summed E-state index contributed by atoms with van der Waals surface area (Å²) in [6, 6.07) is 15.2. The van der Waals surface area contributed by atoms with E-state index in [2.05, 4.69) is 10.0 Å². The number of nitrogens with two attached hydrogens (primary N) is 1. The molecule has 146 valence electrons. The minimum Gasteiger partial charge on any atom is -0.350 e. The van der Waals surface area contributed by atoms with Crippen molar-refractivity contribution in [1.82, 2.24) is 5.32 Å². The molecule has 27 heavy (non-hydrogen) atoms. The number of sulfonamides is 1. The molecule has 0 unspecified atom stereocenters. The van der Waals surface area contributed by atoms with E-state index in [-0.39, 0.29) is 29.8 Å². The molecular weight excluding hydrogens is 386 g/mol. The Bertz CT molecular complexity index is 882. The van der Waals surface area contributed by atoms with Crippen LogP contribution < -0.4 is 15.8 Å². The van der Waals surface area contributed by atoms with Gasteiger partial charge < -0.3 is 11.1 Å². The van der Waals surface area contributed by atoms with Crippen molar-refractivity contribution in [2.45, 2.75) is 42.7 Å². The normalized spacial score (nSPS) is 15.6. The summed E-state index contributed by atoms with van der Waals surface area (Å²) in [6.07, 6.45) is 3.27. The van der Waals surface area contributed by atoms with Gasteiger partial charge >= 0.3 is 0 Å². The molecule has 1 aliphatic carbocycles. The summed E-state index contributed by atoms with van der Waals surface area (Å²) < 4.78 is 27.7. The number of hydrogen-bond acceptors (Lipinski definition) is 4. The summed E-state index contributed by atoms with van der Waals surface area (Å²) >= 11 is 0. The van der Waals surface area contributed by atoms with Crippen LogP contribution in [-0.2, 0) is 21.4 Å². The first-order valence-electron chi connectivity index (χ1n) is 8.64. The van der Waals surface area contributed by atoms with Gasteiger partial charge in [-0.1, -0.05) is 49.2 Å². The Morgan fingerprint density at radius 1 is 1.00 bits per heavy atom. The molecule has 0 heterocycles. The summed E-state index contributed by atoms with van der Waals surface area (Å²) in [7, 11) is -3.69. The zero-order chi connectivity index (χ0) is 18.6. The Balaban J connectivity index is 0.00000261. The number of amides is 1. The highest BCUT2D eigenvalue weighted by Crippen LogP contribution is 2.27. The Hall–Kier alpha value is -2.09. The maximum atomic E-state index is 12.5. The molecule has 1 amide bonds. The second-order valence-electron chi connectivity index (χ2n) is 6.62. The number of nitrogens with one attached hydrogen (secondary N) is 2. The molecule has 0 aliphatic heterocycles. The van der Waals surface area contributed by atoms with Crippen molar-refractivity contribution in [3.8, 4) is 0 Å². The summed E-state index contributed by atoms with van der Waals surface area (Å²) in [5.41, 5.74) is 6.47. The number of para-hydroxylation sites is 1. The third kappa shape index (κ3) is 5.00. The van der Waals surface area contributed by atoms with E-state index in [1.54, 1.807) is 42.5 Å². The van der Waals surface area contributed by atoms with E-state index in [9.17, 15) is 13.2 Å². The van der Waals surface area contributed by atoms with E-state index in [4.69, 9.17) is 5.73 Å². The number of carbonyl (C=O) groups excluding carboxylic acids is 1. The third-order valence-corrected chi connectivity index (χ3v) is 6.08. The molecule has 1 aliphatic rings. The Labute approximate surface area is 166 Å². The van der Waals surface area contributed by atoms with E-state index in [0.29, 0.717) is 24.1 Å². The average molecular weight is 410 g/mol. The van der Waals surface area contributed by atoms with Gasteiger partial charge in [0.1, 0.15) is 0 Å². The number of halogens is 1. The van der Waals surface area contributed by atoms with Gasteiger partial charge in [0.25, 0.3) is 10.0 Å². The van der Waals surface area contributed by atoms with Crippen molar-refractivity contribution in [3.05, 3.63) is 60.2 Å². The standard InChI is InChI=1S/C19H23N3O3S.ClH/c20-19(12-6-7-13-19)18(23)21-14-15-8-4-5-11-17(15)22-26(24,25)16-9-2-1-3-10-16;/h1-5,8-11,22H,6-7,12-14,20H2,(H,21,23);1H. The number of anilines is 1. The molecule has 6 nitrogen and oxygen atoms in total. The van der Waals surface area contributed by atoms with Gasteiger partial charge in [0.15, 0.2) is 0 Å². The van der Waals surface area contributed by atoms with E-state index < -0.39 is 15.6 Å². The lowest BCUT2D eigenvalue weighted by atomic mass is 9.98. The number of carbonyl (C=O) groups is 1. The quantitative estimate of drug-likeness (QED) is 0.682. The first-order valence-corrected chi connectivity index (χ1v) is 10.1. The molecule has 1 fully saturated rings. The summed E-state index contributed by atoms with van der Waals surface area (Å²) in [5, 5.41) is 2.85. The van der Waals surface area contributed by atoms with Crippen LogP contribution in [0.25, 0.3) is 0 Å². The zero-order valence-corrected chi connectivity index (χ0v) is 16.5. The fraction of sp³-hybridized carbons (Fsp3) is 0.316. The molecule has 0 saturated heterocycles. The van der Waals surface area contributed by atoms with Crippen LogP contribution in [0.3, 0.4) is 0 Å².